The fourth-order valence-electron chi connectivity index (χ4n) is 3.85. The highest BCUT2D eigenvalue weighted by molar-refractivity contribution is 5.37. The van der Waals surface area contributed by atoms with Gasteiger partial charge in [-0.2, -0.15) is 0 Å². The molecule has 2 fully saturated rings. The normalized spacial score (nSPS) is 20.5. The van der Waals surface area contributed by atoms with Crippen LogP contribution in [0.25, 0.3) is 0 Å². The molecule has 2 aromatic rings. The minimum atomic E-state index is 0.339. The van der Waals surface area contributed by atoms with Crippen LogP contribution in [0.4, 0.5) is 0 Å². The summed E-state index contributed by atoms with van der Waals surface area (Å²) in [5, 5.41) is 19.1. The molecule has 2 unspecified atom stereocenters. The van der Waals surface area contributed by atoms with Crippen molar-refractivity contribution in [2.75, 3.05) is 0 Å². The van der Waals surface area contributed by atoms with Crippen LogP contribution in [0.5, 0.6) is 11.5 Å². The molecule has 0 aliphatic heterocycles. The predicted octanol–water partition coefficient (Wildman–Crippen LogP) is 4.79. The Kier molecular flexibility index (Phi) is 3.33. The highest BCUT2D eigenvalue weighted by Crippen LogP contribution is 2.57. The van der Waals surface area contributed by atoms with Gasteiger partial charge in [0.2, 0.25) is 0 Å². The third-order valence-corrected chi connectivity index (χ3v) is 5.20. The van der Waals surface area contributed by atoms with Crippen LogP contribution >= 0.6 is 0 Å². The van der Waals surface area contributed by atoms with E-state index in [1.165, 1.54) is 36.8 Å². The van der Waals surface area contributed by atoms with E-state index in [0.717, 1.165) is 11.8 Å². The molecular weight excluding hydrogens is 272 g/mol. The number of phenolic OH excluding ortho intramolecular Hbond substituents is 2. The Labute approximate surface area is 131 Å². The van der Waals surface area contributed by atoms with Gasteiger partial charge < -0.3 is 10.2 Å². The van der Waals surface area contributed by atoms with Crippen LogP contribution in [0.3, 0.4) is 0 Å². The van der Waals surface area contributed by atoms with Crippen LogP contribution in [0, 0.1) is 11.8 Å². The quantitative estimate of drug-likeness (QED) is 0.832. The fraction of sp³-hybridized carbons (Fsp3) is 0.400. The van der Waals surface area contributed by atoms with Crippen molar-refractivity contribution in [3.05, 3.63) is 59.7 Å². The lowest BCUT2D eigenvalue weighted by Crippen LogP contribution is -2.15. The largest absolute Gasteiger partial charge is 0.508 e. The summed E-state index contributed by atoms with van der Waals surface area (Å²) in [6, 6.07) is 15.6. The topological polar surface area (TPSA) is 40.5 Å². The van der Waals surface area contributed by atoms with Crippen molar-refractivity contribution < 1.29 is 10.2 Å². The Morgan fingerprint density at radius 1 is 0.591 bits per heavy atom. The molecule has 2 aliphatic rings. The van der Waals surface area contributed by atoms with Crippen LogP contribution in [-0.2, 0) is 0 Å². The molecule has 114 valence electrons. The van der Waals surface area contributed by atoms with Crippen LogP contribution in [0.1, 0.15) is 48.6 Å². The zero-order valence-corrected chi connectivity index (χ0v) is 12.7. The first-order chi connectivity index (χ1) is 10.7. The molecule has 2 nitrogen and oxygen atoms in total. The van der Waals surface area contributed by atoms with Gasteiger partial charge in [-0.25, -0.2) is 0 Å². The molecule has 2 atom stereocenters. The molecule has 0 radical (unpaired) electrons. The molecule has 0 amide bonds. The summed E-state index contributed by atoms with van der Waals surface area (Å²) in [5.41, 5.74) is 2.70. The molecule has 2 aliphatic carbocycles. The molecular formula is C20H22O2. The predicted molar refractivity (Wildman–Crippen MR) is 87.1 cm³/mol. The van der Waals surface area contributed by atoms with E-state index in [0.29, 0.717) is 23.3 Å². The van der Waals surface area contributed by atoms with E-state index in [2.05, 4.69) is 24.3 Å². The third-order valence-electron chi connectivity index (χ3n) is 5.20. The minimum absolute atomic E-state index is 0.339. The lowest BCUT2D eigenvalue weighted by atomic mass is 9.75. The highest BCUT2D eigenvalue weighted by atomic mass is 16.3. The Bertz CT molecular complexity index is 577. The summed E-state index contributed by atoms with van der Waals surface area (Å²) in [7, 11) is 0. The second-order valence-electron chi connectivity index (χ2n) is 6.91. The molecule has 2 aromatic carbocycles. The maximum absolute atomic E-state index is 9.57. The van der Waals surface area contributed by atoms with Crippen LogP contribution in [-0.4, -0.2) is 10.2 Å². The van der Waals surface area contributed by atoms with Crippen molar-refractivity contribution in [1.82, 2.24) is 0 Å². The first-order valence-electron chi connectivity index (χ1n) is 8.30. The first kappa shape index (κ1) is 13.7. The number of hydrogen-bond acceptors (Lipinski definition) is 2. The molecule has 4 rings (SSSR count). The third kappa shape index (κ3) is 2.70. The fourth-order valence-corrected chi connectivity index (χ4v) is 3.85. The molecule has 2 saturated carbocycles. The van der Waals surface area contributed by atoms with Crippen molar-refractivity contribution in [3.63, 3.8) is 0 Å². The van der Waals surface area contributed by atoms with E-state index in [1.807, 2.05) is 24.3 Å². The summed E-state index contributed by atoms with van der Waals surface area (Å²) in [5.74, 6) is 3.29. The van der Waals surface area contributed by atoms with Gasteiger partial charge >= 0.3 is 0 Å². The minimum Gasteiger partial charge on any atom is -0.508 e. The van der Waals surface area contributed by atoms with Crippen LogP contribution < -0.4 is 0 Å². The van der Waals surface area contributed by atoms with E-state index in [1.54, 1.807) is 0 Å². The standard InChI is InChI=1S/C20H22O2/c21-17-9-5-15(6-10-17)19(13-1-2-13)20(14-3-4-14)16-7-11-18(22)12-8-16/h5-14,19-22H,1-4H2. The van der Waals surface area contributed by atoms with E-state index < -0.39 is 0 Å². The zero-order valence-electron chi connectivity index (χ0n) is 12.7. The Morgan fingerprint density at radius 3 is 1.18 bits per heavy atom. The Hall–Kier alpha value is -1.96. The van der Waals surface area contributed by atoms with E-state index in [9.17, 15) is 10.2 Å². The van der Waals surface area contributed by atoms with Crippen molar-refractivity contribution in [1.29, 1.82) is 0 Å². The average molecular weight is 294 g/mol. The summed E-state index contributed by atoms with van der Waals surface area (Å²) in [6.07, 6.45) is 5.25. The van der Waals surface area contributed by atoms with E-state index in [4.69, 9.17) is 0 Å². The maximum atomic E-state index is 9.57. The number of aromatic hydroxyl groups is 2. The van der Waals surface area contributed by atoms with Crippen molar-refractivity contribution in [3.8, 4) is 11.5 Å². The van der Waals surface area contributed by atoms with Gasteiger partial charge in [0.25, 0.3) is 0 Å². The first-order valence-corrected chi connectivity index (χ1v) is 8.30. The Morgan fingerprint density at radius 2 is 0.909 bits per heavy atom. The summed E-state index contributed by atoms with van der Waals surface area (Å²) >= 11 is 0. The molecule has 0 heterocycles. The van der Waals surface area contributed by atoms with Gasteiger partial charge in [0.05, 0.1) is 0 Å². The summed E-state index contributed by atoms with van der Waals surface area (Å²) < 4.78 is 0. The number of hydrogen-bond donors (Lipinski definition) is 2. The van der Waals surface area contributed by atoms with Gasteiger partial charge in [0, 0.05) is 0 Å². The molecule has 0 bridgehead atoms. The second kappa shape index (κ2) is 5.35. The number of benzene rings is 2. The van der Waals surface area contributed by atoms with Gasteiger partial charge in [0.15, 0.2) is 0 Å². The molecule has 0 saturated heterocycles. The van der Waals surface area contributed by atoms with E-state index in [-0.39, 0.29) is 0 Å². The molecule has 2 N–H and O–H groups in total. The monoisotopic (exact) mass is 294 g/mol. The van der Waals surface area contributed by atoms with Crippen molar-refractivity contribution in [2.24, 2.45) is 11.8 Å². The lowest BCUT2D eigenvalue weighted by molar-refractivity contribution is 0.440. The van der Waals surface area contributed by atoms with Gasteiger partial charge in [-0.05, 0) is 84.7 Å². The number of phenols is 2. The highest BCUT2D eigenvalue weighted by Gasteiger charge is 2.44. The molecule has 0 spiro atoms. The van der Waals surface area contributed by atoms with Crippen LogP contribution in [0.2, 0.25) is 0 Å². The molecule has 2 heteroatoms. The number of rotatable bonds is 5. The maximum Gasteiger partial charge on any atom is 0.115 e. The smallest absolute Gasteiger partial charge is 0.115 e. The summed E-state index contributed by atoms with van der Waals surface area (Å²) in [4.78, 5) is 0. The summed E-state index contributed by atoms with van der Waals surface area (Å²) in [6.45, 7) is 0. The molecule has 0 aromatic heterocycles. The Balaban J connectivity index is 1.72. The van der Waals surface area contributed by atoms with Gasteiger partial charge in [-0.1, -0.05) is 24.3 Å². The second-order valence-corrected chi connectivity index (χ2v) is 6.91. The molecule has 22 heavy (non-hydrogen) atoms. The van der Waals surface area contributed by atoms with Crippen LogP contribution in [0.15, 0.2) is 48.5 Å². The van der Waals surface area contributed by atoms with Crippen molar-refractivity contribution in [2.45, 2.75) is 37.5 Å². The average Bonchev–Trinajstić information content (AvgIpc) is 3.40. The van der Waals surface area contributed by atoms with E-state index >= 15 is 0 Å². The lowest BCUT2D eigenvalue weighted by Gasteiger charge is -2.28. The zero-order chi connectivity index (χ0) is 15.1. The van der Waals surface area contributed by atoms with Crippen molar-refractivity contribution >= 4 is 0 Å². The van der Waals surface area contributed by atoms with Gasteiger partial charge in [-0.15, -0.1) is 0 Å². The SMILES string of the molecule is Oc1ccc(C(C2CC2)C(c2ccc(O)cc2)C2CC2)cc1. The van der Waals surface area contributed by atoms with Gasteiger partial charge in [-0.3, -0.25) is 0 Å². The van der Waals surface area contributed by atoms with Gasteiger partial charge in [0.1, 0.15) is 11.5 Å².